The number of rotatable bonds is 3. The van der Waals surface area contributed by atoms with Crippen molar-refractivity contribution in [2.45, 2.75) is 38.2 Å². The normalized spacial score (nSPS) is 14.5. The molecule has 2 N–H and O–H groups in total. The number of halogens is 6. The summed E-state index contributed by atoms with van der Waals surface area (Å²) in [5, 5.41) is 0. The highest BCUT2D eigenvalue weighted by molar-refractivity contribution is 5.37. The molecular weight excluding hydrogens is 272 g/mol. The smallest absolute Gasteiger partial charge is 0.324 e. The van der Waals surface area contributed by atoms with Gasteiger partial charge in [-0.3, -0.25) is 0 Å². The van der Waals surface area contributed by atoms with E-state index in [0.717, 1.165) is 0 Å². The molecule has 1 nitrogen and oxygen atoms in total. The quantitative estimate of drug-likeness (QED) is 0.812. The Morgan fingerprint density at radius 3 is 2.05 bits per heavy atom. The zero-order valence-electron chi connectivity index (χ0n) is 10.1. The molecule has 1 aromatic rings. The molecule has 108 valence electrons. The Morgan fingerprint density at radius 2 is 1.63 bits per heavy atom. The topological polar surface area (TPSA) is 26.0 Å². The second-order valence-electron chi connectivity index (χ2n) is 4.19. The third-order valence-corrected chi connectivity index (χ3v) is 2.68. The van der Waals surface area contributed by atoms with Crippen molar-refractivity contribution in [3.05, 3.63) is 34.9 Å². The lowest BCUT2D eigenvalue weighted by Gasteiger charge is -2.20. The van der Waals surface area contributed by atoms with Gasteiger partial charge in [0.05, 0.1) is 11.1 Å². The summed E-state index contributed by atoms with van der Waals surface area (Å²) in [5.74, 6) is 0. The van der Waals surface area contributed by atoms with E-state index in [2.05, 4.69) is 0 Å². The predicted molar refractivity (Wildman–Crippen MR) is 58.3 cm³/mol. The summed E-state index contributed by atoms with van der Waals surface area (Å²) in [6.07, 6.45) is -8.74. The molecule has 1 atom stereocenters. The van der Waals surface area contributed by atoms with Gasteiger partial charge >= 0.3 is 12.4 Å². The van der Waals surface area contributed by atoms with Gasteiger partial charge in [-0.05, 0) is 30.2 Å². The van der Waals surface area contributed by atoms with E-state index < -0.39 is 35.1 Å². The van der Waals surface area contributed by atoms with Crippen LogP contribution in [0.2, 0.25) is 0 Å². The maximum atomic E-state index is 12.7. The Hall–Kier alpha value is -1.24. The van der Waals surface area contributed by atoms with Crippen molar-refractivity contribution in [2.75, 3.05) is 0 Å². The monoisotopic (exact) mass is 285 g/mol. The van der Waals surface area contributed by atoms with Gasteiger partial charge in [0.1, 0.15) is 0 Å². The first-order chi connectivity index (χ1) is 8.57. The highest BCUT2D eigenvalue weighted by Gasteiger charge is 2.37. The minimum atomic E-state index is -4.72. The number of alkyl halides is 6. The Labute approximate surface area is 106 Å². The molecule has 0 aromatic heterocycles. The first kappa shape index (κ1) is 15.8. The van der Waals surface area contributed by atoms with Gasteiger partial charge in [-0.1, -0.05) is 13.3 Å². The molecule has 0 aliphatic rings. The van der Waals surface area contributed by atoms with Crippen molar-refractivity contribution < 1.29 is 26.3 Å². The molecule has 1 aromatic carbocycles. The van der Waals surface area contributed by atoms with E-state index in [1.54, 1.807) is 6.92 Å². The minimum Gasteiger partial charge on any atom is -0.324 e. The van der Waals surface area contributed by atoms with Crippen molar-refractivity contribution >= 4 is 0 Å². The fourth-order valence-electron chi connectivity index (χ4n) is 1.77. The maximum absolute atomic E-state index is 12.7. The Morgan fingerprint density at radius 1 is 1.05 bits per heavy atom. The fraction of sp³-hybridized carbons (Fsp3) is 0.500. The van der Waals surface area contributed by atoms with Crippen molar-refractivity contribution in [3.63, 3.8) is 0 Å². The second-order valence-corrected chi connectivity index (χ2v) is 4.19. The standard InChI is InChI=1S/C12H13F6N/c1-2-3-10(19)8-6-7(11(13,14)15)4-5-9(8)12(16,17)18/h4-6,10H,2-3,19H2,1H3/t10-/m1/s1. The van der Waals surface area contributed by atoms with E-state index in [4.69, 9.17) is 5.73 Å². The molecule has 0 aliphatic carbocycles. The lowest BCUT2D eigenvalue weighted by Crippen LogP contribution is -2.19. The summed E-state index contributed by atoms with van der Waals surface area (Å²) in [7, 11) is 0. The van der Waals surface area contributed by atoms with Crippen LogP contribution in [0.15, 0.2) is 18.2 Å². The molecule has 0 amide bonds. The first-order valence-corrected chi connectivity index (χ1v) is 5.61. The fourth-order valence-corrected chi connectivity index (χ4v) is 1.77. The van der Waals surface area contributed by atoms with Crippen molar-refractivity contribution in [3.8, 4) is 0 Å². The third-order valence-electron chi connectivity index (χ3n) is 2.68. The molecule has 0 radical (unpaired) electrons. The molecule has 0 saturated heterocycles. The molecule has 0 fully saturated rings. The summed E-state index contributed by atoms with van der Waals surface area (Å²) in [6.45, 7) is 1.70. The second kappa shape index (κ2) is 5.40. The van der Waals surface area contributed by atoms with Gasteiger partial charge in [-0.2, -0.15) is 26.3 Å². The van der Waals surface area contributed by atoms with Crippen LogP contribution >= 0.6 is 0 Å². The van der Waals surface area contributed by atoms with Crippen LogP contribution in [0.25, 0.3) is 0 Å². The molecule has 0 saturated carbocycles. The number of nitrogens with two attached hydrogens (primary N) is 1. The van der Waals surface area contributed by atoms with Crippen LogP contribution < -0.4 is 5.73 Å². The van der Waals surface area contributed by atoms with Crippen molar-refractivity contribution in [1.82, 2.24) is 0 Å². The molecule has 0 aliphatic heterocycles. The van der Waals surface area contributed by atoms with Gasteiger partial charge in [0.2, 0.25) is 0 Å². The minimum absolute atomic E-state index is 0.185. The van der Waals surface area contributed by atoms with Crippen LogP contribution in [0.1, 0.15) is 42.5 Å². The molecule has 0 spiro atoms. The molecule has 0 unspecified atom stereocenters. The number of hydrogen-bond donors (Lipinski definition) is 1. The zero-order chi connectivity index (χ0) is 14.8. The van der Waals surface area contributed by atoms with Gasteiger partial charge in [0.15, 0.2) is 0 Å². The van der Waals surface area contributed by atoms with Crippen LogP contribution in [0, 0.1) is 0 Å². The molecule has 7 heteroatoms. The van der Waals surface area contributed by atoms with Crippen LogP contribution in [0.3, 0.4) is 0 Å². The highest BCUT2D eigenvalue weighted by Crippen LogP contribution is 2.38. The average molecular weight is 285 g/mol. The molecular formula is C12H13F6N. The summed E-state index contributed by atoms with van der Waals surface area (Å²) in [6, 6.07) is 0.283. The lowest BCUT2D eigenvalue weighted by atomic mass is 9.95. The summed E-state index contributed by atoms with van der Waals surface area (Å²) in [5.41, 5.74) is 2.80. The van der Waals surface area contributed by atoms with Gasteiger partial charge < -0.3 is 5.73 Å². The maximum Gasteiger partial charge on any atom is 0.416 e. The average Bonchev–Trinajstić information content (AvgIpc) is 2.26. The largest absolute Gasteiger partial charge is 0.416 e. The van der Waals surface area contributed by atoms with Crippen LogP contribution in [0.4, 0.5) is 26.3 Å². The van der Waals surface area contributed by atoms with Crippen LogP contribution in [0.5, 0.6) is 0 Å². The Kier molecular flexibility index (Phi) is 4.50. The first-order valence-electron chi connectivity index (χ1n) is 5.61. The van der Waals surface area contributed by atoms with Crippen LogP contribution in [-0.4, -0.2) is 0 Å². The van der Waals surface area contributed by atoms with Gasteiger partial charge in [-0.25, -0.2) is 0 Å². The zero-order valence-corrected chi connectivity index (χ0v) is 10.1. The van der Waals surface area contributed by atoms with E-state index in [0.29, 0.717) is 24.6 Å². The predicted octanol–water partition coefficient (Wildman–Crippen LogP) is 4.52. The highest BCUT2D eigenvalue weighted by atomic mass is 19.4. The molecule has 19 heavy (non-hydrogen) atoms. The number of benzene rings is 1. The summed E-state index contributed by atoms with van der Waals surface area (Å²) in [4.78, 5) is 0. The Bertz CT molecular complexity index is 435. The van der Waals surface area contributed by atoms with Gasteiger partial charge in [0.25, 0.3) is 0 Å². The summed E-state index contributed by atoms with van der Waals surface area (Å²) >= 11 is 0. The van der Waals surface area contributed by atoms with E-state index in [9.17, 15) is 26.3 Å². The van der Waals surface area contributed by atoms with E-state index in [1.807, 2.05) is 0 Å². The lowest BCUT2D eigenvalue weighted by molar-refractivity contribution is -0.142. The molecule has 0 heterocycles. The van der Waals surface area contributed by atoms with Crippen molar-refractivity contribution in [2.24, 2.45) is 5.73 Å². The van der Waals surface area contributed by atoms with Gasteiger partial charge in [0, 0.05) is 6.04 Å². The number of hydrogen-bond acceptors (Lipinski definition) is 1. The Balaban J connectivity index is 3.35. The SMILES string of the molecule is CCC[C@@H](N)c1cc(C(F)(F)F)ccc1C(F)(F)F. The molecule has 0 bridgehead atoms. The van der Waals surface area contributed by atoms with E-state index in [1.165, 1.54) is 0 Å². The van der Waals surface area contributed by atoms with Gasteiger partial charge in [-0.15, -0.1) is 0 Å². The van der Waals surface area contributed by atoms with Crippen LogP contribution in [-0.2, 0) is 12.4 Å². The summed E-state index contributed by atoms with van der Waals surface area (Å²) < 4.78 is 75.8. The third kappa shape index (κ3) is 3.86. The van der Waals surface area contributed by atoms with Crippen molar-refractivity contribution in [1.29, 1.82) is 0 Å². The van der Waals surface area contributed by atoms with E-state index >= 15 is 0 Å². The van der Waals surface area contributed by atoms with E-state index in [-0.39, 0.29) is 6.42 Å². The molecule has 1 rings (SSSR count).